The van der Waals surface area contributed by atoms with Crippen LogP contribution in [0.3, 0.4) is 0 Å². The number of hydrogen-bond acceptors (Lipinski definition) is 6. The van der Waals surface area contributed by atoms with Crippen LogP contribution in [0.15, 0.2) is 84.9 Å². The van der Waals surface area contributed by atoms with Gasteiger partial charge in [-0.1, -0.05) is 81.4 Å². The van der Waals surface area contributed by atoms with Crippen molar-refractivity contribution in [1.82, 2.24) is 0 Å². The Kier molecular flexibility index (Phi) is 7.94. The van der Waals surface area contributed by atoms with E-state index in [-0.39, 0.29) is 17.4 Å². The van der Waals surface area contributed by atoms with E-state index >= 15 is 0 Å². The molecule has 36 heavy (non-hydrogen) atoms. The first-order valence-electron chi connectivity index (χ1n) is 12.0. The molecule has 6 nitrogen and oxygen atoms in total. The summed E-state index contributed by atoms with van der Waals surface area (Å²) >= 11 is 0. The Morgan fingerprint density at radius 3 is 1.81 bits per heavy atom. The molecule has 4 rings (SSSR count). The minimum atomic E-state index is -2.92. The van der Waals surface area contributed by atoms with Gasteiger partial charge >= 0.3 is 0 Å². The molecule has 8 heteroatoms. The lowest BCUT2D eigenvalue weighted by atomic mass is 9.99. The summed E-state index contributed by atoms with van der Waals surface area (Å²) in [5.74, 6) is -0.171. The minimum absolute atomic E-state index is 0.0402. The van der Waals surface area contributed by atoms with Gasteiger partial charge in [-0.3, -0.25) is 0 Å². The number of halogens is 1. The van der Waals surface area contributed by atoms with Gasteiger partial charge in [-0.15, -0.1) is 0 Å². The summed E-state index contributed by atoms with van der Waals surface area (Å²) in [6.07, 6.45) is -6.67. The van der Waals surface area contributed by atoms with Gasteiger partial charge in [-0.2, -0.15) is 0 Å². The van der Waals surface area contributed by atoms with Gasteiger partial charge < -0.3 is 29.2 Å². The Bertz CT molecular complexity index is 1070. The van der Waals surface area contributed by atoms with Crippen molar-refractivity contribution in [1.29, 1.82) is 0 Å². The summed E-state index contributed by atoms with van der Waals surface area (Å²) < 4.78 is 31.7. The zero-order valence-corrected chi connectivity index (χ0v) is 21.6. The van der Waals surface area contributed by atoms with Crippen LogP contribution in [0.5, 0.6) is 5.75 Å². The van der Waals surface area contributed by atoms with E-state index < -0.39 is 44.8 Å². The molecule has 0 spiro atoms. The summed E-state index contributed by atoms with van der Waals surface area (Å²) in [5, 5.41) is 33.7. The van der Waals surface area contributed by atoms with Crippen LogP contribution in [0.25, 0.3) is 0 Å². The van der Waals surface area contributed by atoms with Gasteiger partial charge in [0.05, 0.1) is 6.61 Å². The highest BCUT2D eigenvalue weighted by Crippen LogP contribution is 2.37. The fourth-order valence-corrected chi connectivity index (χ4v) is 9.34. The topological polar surface area (TPSA) is 88.4 Å². The second-order valence-corrected chi connectivity index (χ2v) is 14.4. The molecule has 3 N–H and O–H groups in total. The van der Waals surface area contributed by atoms with Crippen LogP contribution in [0.4, 0.5) is 4.39 Å². The summed E-state index contributed by atoms with van der Waals surface area (Å²) in [7, 11) is -2.92. The zero-order valence-electron chi connectivity index (χ0n) is 20.6. The van der Waals surface area contributed by atoms with Crippen molar-refractivity contribution in [2.45, 2.75) is 56.5 Å². The van der Waals surface area contributed by atoms with Gasteiger partial charge in [0.15, 0.2) is 0 Å². The standard InChI is InChI=1S/C28H33FO6Si/c1-28(2,3)36(21-10-6-4-7-11-21,22-12-8-5-9-13-22)33-18-23-24(30)25(31)26(32)27(35-23)34-20-16-14-19(29)15-17-20/h4-17,23-27,30-32H,18H2,1-3H3/t23-,24-,25+,26-,27+/m1/s1. The molecular formula is C28H33FO6Si. The average Bonchev–Trinajstić information content (AvgIpc) is 2.87. The van der Waals surface area contributed by atoms with Crippen LogP contribution in [-0.2, 0) is 9.16 Å². The largest absolute Gasteiger partial charge is 0.462 e. The number of ether oxygens (including phenoxy) is 2. The SMILES string of the molecule is CC(C)(C)[Si](OC[C@H]1O[C@H](Oc2ccc(F)cc2)[C@H](O)[C@@H](O)[C@@H]1O)(c1ccccc1)c1ccccc1. The molecule has 0 radical (unpaired) electrons. The average molecular weight is 513 g/mol. The molecule has 0 unspecified atom stereocenters. The van der Waals surface area contributed by atoms with Gasteiger partial charge in [-0.05, 0) is 39.7 Å². The van der Waals surface area contributed by atoms with Gasteiger partial charge in [0.25, 0.3) is 8.32 Å². The molecule has 192 valence electrons. The Morgan fingerprint density at radius 2 is 1.31 bits per heavy atom. The Morgan fingerprint density at radius 1 is 0.778 bits per heavy atom. The number of aliphatic hydroxyl groups excluding tert-OH is 3. The van der Waals surface area contributed by atoms with Crippen molar-refractivity contribution in [2.75, 3.05) is 6.61 Å². The molecular weight excluding hydrogens is 479 g/mol. The quantitative estimate of drug-likeness (QED) is 0.422. The maximum atomic E-state index is 13.3. The second-order valence-electron chi connectivity index (χ2n) is 10.1. The number of rotatable bonds is 7. The molecule has 1 heterocycles. The van der Waals surface area contributed by atoms with Gasteiger partial charge in [-0.25, -0.2) is 4.39 Å². The molecule has 1 fully saturated rings. The fourth-order valence-electron chi connectivity index (χ4n) is 4.77. The van der Waals surface area contributed by atoms with Gasteiger partial charge in [0.2, 0.25) is 6.29 Å². The molecule has 1 aliphatic rings. The van der Waals surface area contributed by atoms with E-state index in [1.807, 2.05) is 36.4 Å². The smallest absolute Gasteiger partial charge is 0.261 e. The molecule has 0 bridgehead atoms. The zero-order chi connectivity index (χ0) is 25.9. The first-order chi connectivity index (χ1) is 17.1. The normalized spacial score (nSPS) is 24.9. The molecule has 3 aromatic rings. The molecule has 0 aromatic heterocycles. The molecule has 0 saturated carbocycles. The number of benzene rings is 3. The fraction of sp³-hybridized carbons (Fsp3) is 0.357. The molecule has 3 aromatic carbocycles. The lowest BCUT2D eigenvalue weighted by Gasteiger charge is -2.45. The summed E-state index contributed by atoms with van der Waals surface area (Å²) in [6, 6.07) is 25.3. The van der Waals surface area contributed by atoms with Crippen LogP contribution >= 0.6 is 0 Å². The van der Waals surface area contributed by atoms with Crippen LogP contribution in [0.2, 0.25) is 5.04 Å². The van der Waals surface area contributed by atoms with Crippen molar-refractivity contribution < 1.29 is 33.6 Å². The lowest BCUT2D eigenvalue weighted by molar-refractivity contribution is -0.276. The minimum Gasteiger partial charge on any atom is -0.462 e. The highest BCUT2D eigenvalue weighted by atomic mass is 28.4. The summed E-state index contributed by atoms with van der Waals surface area (Å²) in [4.78, 5) is 0. The third kappa shape index (κ3) is 5.24. The predicted molar refractivity (Wildman–Crippen MR) is 137 cm³/mol. The molecule has 0 aliphatic carbocycles. The number of hydrogen-bond donors (Lipinski definition) is 3. The Balaban J connectivity index is 1.64. The Labute approximate surface area is 212 Å². The second kappa shape index (κ2) is 10.8. The maximum Gasteiger partial charge on any atom is 0.261 e. The third-order valence-electron chi connectivity index (χ3n) is 6.62. The van der Waals surface area contributed by atoms with E-state index in [1.54, 1.807) is 0 Å². The van der Waals surface area contributed by atoms with E-state index in [4.69, 9.17) is 13.9 Å². The lowest BCUT2D eigenvalue weighted by Crippen LogP contribution is -2.68. The maximum absolute atomic E-state index is 13.3. The number of aliphatic hydroxyl groups is 3. The molecule has 5 atom stereocenters. The van der Waals surface area contributed by atoms with Crippen LogP contribution < -0.4 is 15.1 Å². The van der Waals surface area contributed by atoms with E-state index in [0.717, 1.165) is 10.4 Å². The molecule has 1 aliphatic heterocycles. The summed E-state index contributed by atoms with van der Waals surface area (Å²) in [6.45, 7) is 6.37. The first kappa shape index (κ1) is 26.5. The van der Waals surface area contributed by atoms with E-state index in [1.165, 1.54) is 24.3 Å². The third-order valence-corrected chi connectivity index (χ3v) is 11.6. The van der Waals surface area contributed by atoms with E-state index in [0.29, 0.717) is 0 Å². The van der Waals surface area contributed by atoms with Crippen LogP contribution in [0, 0.1) is 5.82 Å². The van der Waals surface area contributed by atoms with Crippen molar-refractivity contribution in [3.63, 3.8) is 0 Å². The highest BCUT2D eigenvalue weighted by Gasteiger charge is 2.52. The highest BCUT2D eigenvalue weighted by molar-refractivity contribution is 6.99. The van der Waals surface area contributed by atoms with Crippen LogP contribution in [-0.4, -0.2) is 60.9 Å². The monoisotopic (exact) mass is 512 g/mol. The van der Waals surface area contributed by atoms with Crippen molar-refractivity contribution in [3.05, 3.63) is 90.7 Å². The van der Waals surface area contributed by atoms with Gasteiger partial charge in [0.1, 0.15) is 36.0 Å². The van der Waals surface area contributed by atoms with Gasteiger partial charge in [0, 0.05) is 0 Å². The van der Waals surface area contributed by atoms with E-state index in [2.05, 4.69) is 45.0 Å². The van der Waals surface area contributed by atoms with Crippen molar-refractivity contribution >= 4 is 18.7 Å². The van der Waals surface area contributed by atoms with Crippen molar-refractivity contribution in [3.8, 4) is 5.75 Å². The molecule has 1 saturated heterocycles. The first-order valence-corrected chi connectivity index (χ1v) is 13.9. The van der Waals surface area contributed by atoms with E-state index in [9.17, 15) is 19.7 Å². The summed E-state index contributed by atoms with van der Waals surface area (Å²) in [5.41, 5.74) is 0. The Hall–Kier alpha value is -2.59. The van der Waals surface area contributed by atoms with Crippen LogP contribution in [0.1, 0.15) is 20.8 Å². The predicted octanol–water partition coefficient (Wildman–Crippen LogP) is 2.59. The van der Waals surface area contributed by atoms with Crippen molar-refractivity contribution in [2.24, 2.45) is 0 Å². The molecule has 0 amide bonds.